The Balaban J connectivity index is 1.46. The Bertz CT molecular complexity index is 923. The highest BCUT2D eigenvalue weighted by Gasteiger charge is 2.24. The fourth-order valence-corrected chi connectivity index (χ4v) is 3.89. The minimum atomic E-state index is -0.0386. The lowest BCUT2D eigenvalue weighted by Crippen LogP contribution is -2.52. The smallest absolute Gasteiger partial charge is 0.238 e. The molecule has 0 unspecified atom stereocenters. The molecule has 1 saturated heterocycles. The number of piperazine rings is 1. The van der Waals surface area contributed by atoms with Crippen LogP contribution >= 0.6 is 0 Å². The van der Waals surface area contributed by atoms with Gasteiger partial charge in [0, 0.05) is 44.8 Å². The first kappa shape index (κ1) is 23.5. The molecule has 8 heteroatoms. The van der Waals surface area contributed by atoms with Crippen LogP contribution in [-0.2, 0) is 16.1 Å². The lowest BCUT2D eigenvalue weighted by Gasteiger charge is -2.35. The molecule has 32 heavy (non-hydrogen) atoms. The molecule has 1 fully saturated rings. The molecular formula is C24H31N5O3. The van der Waals surface area contributed by atoms with E-state index in [4.69, 9.17) is 9.68 Å². The second-order valence-electron chi connectivity index (χ2n) is 8.17. The Labute approximate surface area is 189 Å². The number of anilines is 1. The molecule has 2 aromatic rings. The van der Waals surface area contributed by atoms with Gasteiger partial charge in [0.05, 0.1) is 32.0 Å². The van der Waals surface area contributed by atoms with Gasteiger partial charge in [-0.15, -0.1) is 0 Å². The van der Waals surface area contributed by atoms with E-state index in [9.17, 15) is 9.59 Å². The molecule has 0 atom stereocenters. The van der Waals surface area contributed by atoms with Crippen LogP contribution in [0.15, 0.2) is 41.0 Å². The summed E-state index contributed by atoms with van der Waals surface area (Å²) in [5.41, 5.74) is 2.97. The summed E-state index contributed by atoms with van der Waals surface area (Å²) in [6.07, 6.45) is 1.96. The molecular weight excluding hydrogens is 406 g/mol. The molecule has 1 aliphatic heterocycles. The average Bonchev–Trinajstić information content (AvgIpc) is 3.28. The number of benzene rings is 1. The van der Waals surface area contributed by atoms with Crippen LogP contribution in [0.25, 0.3) is 0 Å². The van der Waals surface area contributed by atoms with Crippen molar-refractivity contribution in [3.8, 4) is 6.07 Å². The monoisotopic (exact) mass is 437 g/mol. The van der Waals surface area contributed by atoms with Crippen molar-refractivity contribution < 1.29 is 14.0 Å². The molecule has 2 heterocycles. The zero-order chi connectivity index (χ0) is 22.9. The Morgan fingerprint density at radius 2 is 1.84 bits per heavy atom. The van der Waals surface area contributed by atoms with E-state index in [0.717, 1.165) is 22.6 Å². The summed E-state index contributed by atoms with van der Waals surface area (Å²) >= 11 is 0. The van der Waals surface area contributed by atoms with Crippen molar-refractivity contribution >= 4 is 17.5 Å². The van der Waals surface area contributed by atoms with Gasteiger partial charge < -0.3 is 14.6 Å². The van der Waals surface area contributed by atoms with E-state index in [1.807, 2.05) is 54.0 Å². The van der Waals surface area contributed by atoms with Gasteiger partial charge in [-0.1, -0.05) is 18.2 Å². The van der Waals surface area contributed by atoms with Crippen LogP contribution < -0.4 is 5.32 Å². The lowest BCUT2D eigenvalue weighted by molar-refractivity contribution is -0.134. The summed E-state index contributed by atoms with van der Waals surface area (Å²) in [4.78, 5) is 31.2. The standard InChI is InChI=1S/C24H31N5O3/c1-19-6-3-7-20(2)24(19)26-22(30)17-27-11-13-29(14-12-27)23(31)18-28(10-5-9-25)16-21-8-4-15-32-21/h3-4,6-8,15H,5,10-14,16-18H2,1-2H3,(H,26,30). The molecule has 1 aromatic heterocycles. The van der Waals surface area contributed by atoms with Crippen LogP contribution in [0.4, 0.5) is 5.69 Å². The number of carbonyl (C=O) groups excluding carboxylic acids is 2. The van der Waals surface area contributed by atoms with Gasteiger partial charge in [-0.3, -0.25) is 19.4 Å². The third kappa shape index (κ3) is 6.67. The van der Waals surface area contributed by atoms with Gasteiger partial charge >= 0.3 is 0 Å². The molecule has 3 rings (SSSR count). The zero-order valence-corrected chi connectivity index (χ0v) is 18.8. The van der Waals surface area contributed by atoms with E-state index in [1.54, 1.807) is 6.26 Å². The van der Waals surface area contributed by atoms with Gasteiger partial charge in [0.25, 0.3) is 0 Å². The van der Waals surface area contributed by atoms with Gasteiger partial charge in [0.1, 0.15) is 5.76 Å². The van der Waals surface area contributed by atoms with E-state index in [2.05, 4.69) is 16.3 Å². The molecule has 1 aromatic carbocycles. The van der Waals surface area contributed by atoms with Crippen molar-refractivity contribution in [2.75, 3.05) is 51.1 Å². The highest BCUT2D eigenvalue weighted by molar-refractivity contribution is 5.93. The summed E-state index contributed by atoms with van der Waals surface area (Å²) in [5, 5.41) is 11.9. The number of nitrogens with zero attached hydrogens (tertiary/aromatic N) is 4. The van der Waals surface area contributed by atoms with E-state index in [-0.39, 0.29) is 18.4 Å². The van der Waals surface area contributed by atoms with Crippen LogP contribution in [0.2, 0.25) is 0 Å². The van der Waals surface area contributed by atoms with Crippen LogP contribution in [0.3, 0.4) is 0 Å². The van der Waals surface area contributed by atoms with Crippen LogP contribution in [0.5, 0.6) is 0 Å². The Kier molecular flexibility index (Phi) is 8.42. The fourth-order valence-electron chi connectivity index (χ4n) is 3.89. The van der Waals surface area contributed by atoms with Crippen molar-refractivity contribution in [1.82, 2.24) is 14.7 Å². The second-order valence-corrected chi connectivity index (χ2v) is 8.17. The quantitative estimate of drug-likeness (QED) is 0.648. The number of nitriles is 1. The molecule has 0 aliphatic carbocycles. The number of amides is 2. The normalized spacial score (nSPS) is 14.4. The fraction of sp³-hybridized carbons (Fsp3) is 0.458. The lowest BCUT2D eigenvalue weighted by atomic mass is 10.1. The van der Waals surface area contributed by atoms with E-state index in [1.165, 1.54) is 0 Å². The Morgan fingerprint density at radius 3 is 2.47 bits per heavy atom. The van der Waals surface area contributed by atoms with Gasteiger partial charge in [0.2, 0.25) is 11.8 Å². The van der Waals surface area contributed by atoms with Crippen molar-refractivity contribution in [3.05, 3.63) is 53.5 Å². The van der Waals surface area contributed by atoms with Crippen LogP contribution in [-0.4, -0.2) is 72.3 Å². The van der Waals surface area contributed by atoms with E-state index >= 15 is 0 Å². The SMILES string of the molecule is Cc1cccc(C)c1NC(=O)CN1CCN(C(=O)CN(CCC#N)Cc2ccco2)CC1. The van der Waals surface area contributed by atoms with Gasteiger partial charge in [-0.2, -0.15) is 5.26 Å². The maximum atomic E-state index is 12.8. The summed E-state index contributed by atoms with van der Waals surface area (Å²) in [6, 6.07) is 11.8. The van der Waals surface area contributed by atoms with Crippen molar-refractivity contribution in [2.45, 2.75) is 26.8 Å². The number of para-hydroxylation sites is 1. The summed E-state index contributed by atoms with van der Waals surface area (Å²) in [7, 11) is 0. The van der Waals surface area contributed by atoms with Crippen LogP contribution in [0.1, 0.15) is 23.3 Å². The van der Waals surface area contributed by atoms with Crippen molar-refractivity contribution in [3.63, 3.8) is 0 Å². The first-order valence-corrected chi connectivity index (χ1v) is 10.9. The average molecular weight is 438 g/mol. The molecule has 0 spiro atoms. The molecule has 1 N–H and O–H groups in total. The third-order valence-corrected chi connectivity index (χ3v) is 5.70. The maximum absolute atomic E-state index is 12.8. The number of nitrogens with one attached hydrogen (secondary N) is 1. The molecule has 8 nitrogen and oxygen atoms in total. The number of carbonyl (C=O) groups is 2. The van der Waals surface area contributed by atoms with Gasteiger partial charge in [-0.05, 0) is 37.1 Å². The predicted octanol–water partition coefficient (Wildman–Crippen LogP) is 2.40. The Hall–Kier alpha value is -3.15. The summed E-state index contributed by atoms with van der Waals surface area (Å²) in [5.74, 6) is 0.771. The summed E-state index contributed by atoms with van der Waals surface area (Å²) in [6.45, 7) is 8.02. The molecule has 0 radical (unpaired) electrons. The van der Waals surface area contributed by atoms with E-state index < -0.39 is 0 Å². The third-order valence-electron chi connectivity index (χ3n) is 5.70. The van der Waals surface area contributed by atoms with Crippen molar-refractivity contribution in [2.24, 2.45) is 0 Å². The molecule has 0 bridgehead atoms. The number of aryl methyl sites for hydroxylation is 2. The maximum Gasteiger partial charge on any atom is 0.238 e. The second kappa shape index (κ2) is 11.5. The number of hydrogen-bond acceptors (Lipinski definition) is 6. The first-order valence-electron chi connectivity index (χ1n) is 10.9. The number of hydrogen-bond donors (Lipinski definition) is 1. The minimum absolute atomic E-state index is 0.0362. The molecule has 0 saturated carbocycles. The highest BCUT2D eigenvalue weighted by Crippen LogP contribution is 2.19. The first-order chi connectivity index (χ1) is 15.5. The predicted molar refractivity (Wildman–Crippen MR) is 122 cm³/mol. The van der Waals surface area contributed by atoms with Crippen LogP contribution in [0, 0.1) is 25.2 Å². The number of rotatable bonds is 9. The van der Waals surface area contributed by atoms with Gasteiger partial charge in [0.15, 0.2) is 0 Å². The number of furan rings is 1. The Morgan fingerprint density at radius 1 is 1.12 bits per heavy atom. The largest absolute Gasteiger partial charge is 0.468 e. The van der Waals surface area contributed by atoms with Gasteiger partial charge in [-0.25, -0.2) is 0 Å². The summed E-state index contributed by atoms with van der Waals surface area (Å²) < 4.78 is 5.39. The molecule has 170 valence electrons. The molecule has 1 aliphatic rings. The zero-order valence-electron chi connectivity index (χ0n) is 18.8. The topological polar surface area (TPSA) is 92.8 Å². The van der Waals surface area contributed by atoms with E-state index in [0.29, 0.717) is 52.2 Å². The highest BCUT2D eigenvalue weighted by atomic mass is 16.3. The molecule has 2 amide bonds. The minimum Gasteiger partial charge on any atom is -0.468 e. The van der Waals surface area contributed by atoms with Crippen molar-refractivity contribution in [1.29, 1.82) is 5.26 Å².